The van der Waals surface area contributed by atoms with Crippen molar-refractivity contribution in [3.05, 3.63) is 27.1 Å². The molecule has 1 aliphatic rings. The first-order valence-electron chi connectivity index (χ1n) is 6.70. The van der Waals surface area contributed by atoms with Crippen LogP contribution in [-0.2, 0) is 10.0 Å². The van der Waals surface area contributed by atoms with E-state index in [9.17, 15) is 8.42 Å². The smallest absolute Gasteiger partial charge is 0.207 e. The molecular weight excluding hydrogens is 406 g/mol. The number of sulfonamides is 1. The molecule has 0 spiro atoms. The minimum atomic E-state index is -3.46. The van der Waals surface area contributed by atoms with Gasteiger partial charge in [-0.25, -0.2) is 8.42 Å². The number of halogens is 2. The molecule has 20 heavy (non-hydrogen) atoms. The van der Waals surface area contributed by atoms with Gasteiger partial charge >= 0.3 is 0 Å². The van der Waals surface area contributed by atoms with Gasteiger partial charge in [-0.1, -0.05) is 29.8 Å². The topological polar surface area (TPSA) is 37.4 Å². The van der Waals surface area contributed by atoms with Gasteiger partial charge in [0.2, 0.25) is 10.0 Å². The summed E-state index contributed by atoms with van der Waals surface area (Å²) in [4.78, 5) is 0.342. The van der Waals surface area contributed by atoms with Crippen LogP contribution in [0.25, 0.3) is 0 Å². The Hall–Kier alpha value is 0.0900. The molecule has 0 aliphatic carbocycles. The maximum atomic E-state index is 12.9. The zero-order chi connectivity index (χ0) is 15.1. The average molecular weight is 425 g/mol. The van der Waals surface area contributed by atoms with E-state index in [1.807, 2.05) is 6.92 Å². The van der Waals surface area contributed by atoms with E-state index < -0.39 is 10.0 Å². The predicted octanol–water partition coefficient (Wildman–Crippen LogP) is 4.27. The van der Waals surface area contributed by atoms with Crippen molar-refractivity contribution in [3.8, 4) is 0 Å². The largest absolute Gasteiger partial charge is 0.244 e. The van der Waals surface area contributed by atoms with Crippen LogP contribution in [0.1, 0.15) is 27.2 Å². The number of piperidine rings is 1. The highest BCUT2D eigenvalue weighted by Gasteiger charge is 2.37. The Morgan fingerprint density at radius 1 is 1.20 bits per heavy atom. The fourth-order valence-corrected chi connectivity index (χ4v) is 6.35. The SMILES string of the molecule is CC1CC(C)C(C)N(S(=O)(=O)c2ccc(Br)cc2Br)C1. The Bertz CT molecular complexity index is 603. The lowest BCUT2D eigenvalue weighted by Gasteiger charge is -2.40. The molecule has 0 N–H and O–H groups in total. The zero-order valence-corrected chi connectivity index (χ0v) is 15.8. The number of rotatable bonds is 2. The molecule has 2 rings (SSSR count). The molecule has 112 valence electrons. The second-order valence-corrected chi connectivity index (χ2v) is 9.34. The van der Waals surface area contributed by atoms with Crippen LogP contribution in [0.3, 0.4) is 0 Å². The van der Waals surface area contributed by atoms with E-state index in [0.717, 1.165) is 10.9 Å². The van der Waals surface area contributed by atoms with Crippen molar-refractivity contribution in [1.29, 1.82) is 0 Å². The second kappa shape index (κ2) is 6.07. The van der Waals surface area contributed by atoms with Gasteiger partial charge in [0.25, 0.3) is 0 Å². The van der Waals surface area contributed by atoms with Crippen molar-refractivity contribution >= 4 is 41.9 Å². The summed E-state index contributed by atoms with van der Waals surface area (Å²) >= 11 is 6.72. The third-order valence-electron chi connectivity index (χ3n) is 4.02. The van der Waals surface area contributed by atoms with Crippen molar-refractivity contribution in [3.63, 3.8) is 0 Å². The molecular formula is C14H19Br2NO2S. The third kappa shape index (κ3) is 3.13. The molecule has 3 atom stereocenters. The Morgan fingerprint density at radius 2 is 1.85 bits per heavy atom. The molecule has 1 saturated heterocycles. The molecule has 0 aromatic heterocycles. The summed E-state index contributed by atoms with van der Waals surface area (Å²) in [6.45, 7) is 6.83. The molecule has 1 aliphatic heterocycles. The van der Waals surface area contributed by atoms with Crippen molar-refractivity contribution in [2.24, 2.45) is 11.8 Å². The van der Waals surface area contributed by atoms with Crippen LogP contribution < -0.4 is 0 Å². The van der Waals surface area contributed by atoms with Gasteiger partial charge in [-0.05, 0) is 59.3 Å². The van der Waals surface area contributed by atoms with E-state index in [1.54, 1.807) is 22.5 Å². The van der Waals surface area contributed by atoms with Crippen molar-refractivity contribution in [2.75, 3.05) is 6.54 Å². The van der Waals surface area contributed by atoms with Crippen LogP contribution >= 0.6 is 31.9 Å². The fraction of sp³-hybridized carbons (Fsp3) is 0.571. The Labute approximate surface area is 138 Å². The van der Waals surface area contributed by atoms with Gasteiger partial charge in [-0.2, -0.15) is 4.31 Å². The molecule has 1 fully saturated rings. The molecule has 0 radical (unpaired) electrons. The highest BCUT2D eigenvalue weighted by atomic mass is 79.9. The Morgan fingerprint density at radius 3 is 2.45 bits per heavy atom. The highest BCUT2D eigenvalue weighted by molar-refractivity contribution is 9.11. The van der Waals surface area contributed by atoms with E-state index in [-0.39, 0.29) is 6.04 Å². The van der Waals surface area contributed by atoms with E-state index in [2.05, 4.69) is 45.7 Å². The fourth-order valence-electron chi connectivity index (χ4n) is 2.79. The van der Waals surface area contributed by atoms with E-state index >= 15 is 0 Å². The Balaban J connectivity index is 2.43. The highest BCUT2D eigenvalue weighted by Crippen LogP contribution is 2.34. The van der Waals surface area contributed by atoms with E-state index in [4.69, 9.17) is 0 Å². The summed E-state index contributed by atoms with van der Waals surface area (Å²) in [6, 6.07) is 5.22. The lowest BCUT2D eigenvalue weighted by Crippen LogP contribution is -2.48. The van der Waals surface area contributed by atoms with Gasteiger partial charge < -0.3 is 0 Å². The lowest BCUT2D eigenvalue weighted by molar-refractivity contribution is 0.157. The van der Waals surface area contributed by atoms with Crippen LogP contribution in [0.5, 0.6) is 0 Å². The molecule has 1 aromatic carbocycles. The number of hydrogen-bond acceptors (Lipinski definition) is 2. The van der Waals surface area contributed by atoms with E-state index in [1.165, 1.54) is 0 Å². The Kier molecular flexibility index (Phi) is 4.99. The summed E-state index contributed by atoms with van der Waals surface area (Å²) in [5.41, 5.74) is 0. The van der Waals surface area contributed by atoms with Crippen LogP contribution in [0, 0.1) is 11.8 Å². The normalized spacial score (nSPS) is 28.6. The molecule has 3 nitrogen and oxygen atoms in total. The average Bonchev–Trinajstić information content (AvgIpc) is 2.33. The van der Waals surface area contributed by atoms with Gasteiger partial charge in [0.1, 0.15) is 0 Å². The van der Waals surface area contributed by atoms with Crippen LogP contribution in [0.15, 0.2) is 32.0 Å². The monoisotopic (exact) mass is 423 g/mol. The summed E-state index contributed by atoms with van der Waals surface area (Å²) in [7, 11) is -3.46. The minimum Gasteiger partial charge on any atom is -0.207 e. The number of nitrogens with zero attached hydrogens (tertiary/aromatic N) is 1. The predicted molar refractivity (Wildman–Crippen MR) is 88.1 cm³/mol. The maximum Gasteiger partial charge on any atom is 0.244 e. The maximum absolute atomic E-state index is 12.9. The molecule has 1 aromatic rings. The summed E-state index contributed by atoms with van der Waals surface area (Å²) < 4.78 is 28.9. The van der Waals surface area contributed by atoms with E-state index in [0.29, 0.717) is 27.7 Å². The lowest BCUT2D eigenvalue weighted by atomic mass is 9.88. The summed E-state index contributed by atoms with van der Waals surface area (Å²) in [5.74, 6) is 0.771. The molecule has 3 unspecified atom stereocenters. The number of benzene rings is 1. The zero-order valence-electron chi connectivity index (χ0n) is 11.8. The van der Waals surface area contributed by atoms with Gasteiger partial charge in [-0.15, -0.1) is 0 Å². The molecule has 0 amide bonds. The van der Waals surface area contributed by atoms with Crippen LogP contribution in [0.2, 0.25) is 0 Å². The van der Waals surface area contributed by atoms with Gasteiger partial charge in [-0.3, -0.25) is 0 Å². The first-order chi connectivity index (χ1) is 9.23. The first-order valence-corrected chi connectivity index (χ1v) is 9.73. The quantitative estimate of drug-likeness (QED) is 0.710. The van der Waals surface area contributed by atoms with Gasteiger partial charge in [0.05, 0.1) is 4.90 Å². The molecule has 0 bridgehead atoms. The molecule has 0 saturated carbocycles. The van der Waals surface area contributed by atoms with Gasteiger partial charge in [0, 0.05) is 21.5 Å². The molecule has 6 heteroatoms. The van der Waals surface area contributed by atoms with Crippen LogP contribution in [-0.4, -0.2) is 25.3 Å². The van der Waals surface area contributed by atoms with Gasteiger partial charge in [0.15, 0.2) is 0 Å². The van der Waals surface area contributed by atoms with Crippen molar-refractivity contribution in [1.82, 2.24) is 4.31 Å². The minimum absolute atomic E-state index is 0.0340. The summed E-state index contributed by atoms with van der Waals surface area (Å²) in [6.07, 6.45) is 1.08. The number of hydrogen-bond donors (Lipinski definition) is 0. The molecule has 1 heterocycles. The van der Waals surface area contributed by atoms with Crippen molar-refractivity contribution < 1.29 is 8.42 Å². The first kappa shape index (κ1) is 16.5. The summed E-state index contributed by atoms with van der Waals surface area (Å²) in [5, 5.41) is 0. The van der Waals surface area contributed by atoms with Crippen molar-refractivity contribution in [2.45, 2.75) is 38.1 Å². The van der Waals surface area contributed by atoms with Crippen LogP contribution in [0.4, 0.5) is 0 Å². The second-order valence-electron chi connectivity index (χ2n) is 5.71. The third-order valence-corrected chi connectivity index (χ3v) is 7.45. The standard InChI is InChI=1S/C14H19Br2NO2S/c1-9-6-10(2)11(3)17(8-9)20(18,19)14-5-4-12(15)7-13(14)16/h4-5,7,9-11H,6,8H2,1-3H3.